The third-order valence-electron chi connectivity index (χ3n) is 5.01. The summed E-state index contributed by atoms with van der Waals surface area (Å²) in [6.07, 6.45) is 4.29. The SMILES string of the molecule is CCCS(=O)(=O)N1CCC(NC(=NC)NCCc2ccc(CC)cc2)CC1. The molecule has 0 unspecified atom stereocenters. The normalized spacial score (nSPS) is 17.1. The maximum Gasteiger partial charge on any atom is 0.214 e. The van der Waals surface area contributed by atoms with Crippen molar-refractivity contribution in [3.8, 4) is 0 Å². The fraction of sp³-hybridized carbons (Fsp3) is 0.650. The number of sulfonamides is 1. The lowest BCUT2D eigenvalue weighted by Gasteiger charge is -2.32. The van der Waals surface area contributed by atoms with Gasteiger partial charge in [0.15, 0.2) is 5.96 Å². The molecule has 27 heavy (non-hydrogen) atoms. The van der Waals surface area contributed by atoms with E-state index in [2.05, 4.69) is 46.8 Å². The largest absolute Gasteiger partial charge is 0.356 e. The van der Waals surface area contributed by atoms with Gasteiger partial charge in [0.1, 0.15) is 0 Å². The highest BCUT2D eigenvalue weighted by molar-refractivity contribution is 7.89. The van der Waals surface area contributed by atoms with E-state index in [0.29, 0.717) is 19.5 Å². The minimum absolute atomic E-state index is 0.244. The fourth-order valence-corrected chi connectivity index (χ4v) is 4.86. The number of benzene rings is 1. The maximum absolute atomic E-state index is 12.2. The van der Waals surface area contributed by atoms with Crippen LogP contribution in [-0.4, -0.2) is 57.2 Å². The maximum atomic E-state index is 12.2. The molecule has 7 heteroatoms. The molecule has 1 aromatic carbocycles. The molecule has 1 fully saturated rings. The lowest BCUT2D eigenvalue weighted by molar-refractivity contribution is 0.306. The van der Waals surface area contributed by atoms with Crippen molar-refractivity contribution >= 4 is 16.0 Å². The first-order chi connectivity index (χ1) is 13.0. The Hall–Kier alpha value is -1.60. The minimum atomic E-state index is -3.08. The Morgan fingerprint density at radius 2 is 1.78 bits per heavy atom. The molecule has 0 spiro atoms. The number of piperidine rings is 1. The molecule has 152 valence electrons. The van der Waals surface area contributed by atoms with Gasteiger partial charge in [-0.15, -0.1) is 0 Å². The van der Waals surface area contributed by atoms with Gasteiger partial charge in [0.05, 0.1) is 5.75 Å². The Morgan fingerprint density at radius 1 is 1.15 bits per heavy atom. The van der Waals surface area contributed by atoms with Gasteiger partial charge in [-0.1, -0.05) is 38.1 Å². The van der Waals surface area contributed by atoms with E-state index in [1.807, 2.05) is 6.92 Å². The zero-order valence-electron chi connectivity index (χ0n) is 16.9. The molecular formula is C20H34N4O2S. The Morgan fingerprint density at radius 3 is 2.33 bits per heavy atom. The fourth-order valence-electron chi connectivity index (χ4n) is 3.32. The van der Waals surface area contributed by atoms with Gasteiger partial charge >= 0.3 is 0 Å². The monoisotopic (exact) mass is 394 g/mol. The van der Waals surface area contributed by atoms with Crippen molar-refractivity contribution < 1.29 is 8.42 Å². The van der Waals surface area contributed by atoms with Crippen molar-refractivity contribution in [1.29, 1.82) is 0 Å². The smallest absolute Gasteiger partial charge is 0.214 e. The van der Waals surface area contributed by atoms with Gasteiger partial charge in [-0.25, -0.2) is 12.7 Å². The van der Waals surface area contributed by atoms with Crippen LogP contribution in [0.15, 0.2) is 29.3 Å². The summed E-state index contributed by atoms with van der Waals surface area (Å²) in [5, 5.41) is 6.79. The average molecular weight is 395 g/mol. The standard InChI is InChI=1S/C20H34N4O2S/c1-4-16-27(25,26)24-14-11-19(12-15-24)23-20(21-3)22-13-10-18-8-6-17(5-2)7-9-18/h6-9,19H,4-5,10-16H2,1-3H3,(H2,21,22,23). The molecule has 2 rings (SSSR count). The summed E-state index contributed by atoms with van der Waals surface area (Å²) in [6, 6.07) is 8.99. The summed E-state index contributed by atoms with van der Waals surface area (Å²) in [5.74, 6) is 1.03. The molecule has 1 heterocycles. The molecule has 0 aliphatic carbocycles. The highest BCUT2D eigenvalue weighted by atomic mass is 32.2. The molecule has 6 nitrogen and oxygen atoms in total. The summed E-state index contributed by atoms with van der Waals surface area (Å²) < 4.78 is 25.9. The minimum Gasteiger partial charge on any atom is -0.356 e. The first-order valence-corrected chi connectivity index (χ1v) is 11.6. The van der Waals surface area contributed by atoms with E-state index in [0.717, 1.165) is 38.2 Å². The van der Waals surface area contributed by atoms with Gasteiger partial charge in [0.25, 0.3) is 0 Å². The van der Waals surface area contributed by atoms with Gasteiger partial charge in [-0.05, 0) is 43.2 Å². The summed E-state index contributed by atoms with van der Waals surface area (Å²) in [6.45, 7) is 6.05. The van der Waals surface area contributed by atoms with Crippen LogP contribution in [0.3, 0.4) is 0 Å². The van der Waals surface area contributed by atoms with Gasteiger partial charge in [-0.2, -0.15) is 0 Å². The van der Waals surface area contributed by atoms with Crippen LogP contribution in [0.2, 0.25) is 0 Å². The second-order valence-electron chi connectivity index (χ2n) is 7.05. The van der Waals surface area contributed by atoms with Crippen LogP contribution in [0.25, 0.3) is 0 Å². The number of hydrogen-bond donors (Lipinski definition) is 2. The topological polar surface area (TPSA) is 73.8 Å². The number of rotatable bonds is 8. The van der Waals surface area contributed by atoms with Crippen molar-refractivity contribution in [3.05, 3.63) is 35.4 Å². The van der Waals surface area contributed by atoms with Crippen LogP contribution < -0.4 is 10.6 Å². The third kappa shape index (κ3) is 6.81. The van der Waals surface area contributed by atoms with Crippen LogP contribution in [0.5, 0.6) is 0 Å². The second kappa shape index (κ2) is 10.7. The molecule has 2 N–H and O–H groups in total. The zero-order valence-corrected chi connectivity index (χ0v) is 17.7. The molecular weight excluding hydrogens is 360 g/mol. The van der Waals surface area contributed by atoms with E-state index in [9.17, 15) is 8.42 Å². The summed E-state index contributed by atoms with van der Waals surface area (Å²) in [7, 11) is -1.31. The average Bonchev–Trinajstić information content (AvgIpc) is 2.68. The van der Waals surface area contributed by atoms with Gasteiger partial charge < -0.3 is 10.6 Å². The van der Waals surface area contributed by atoms with Crippen LogP contribution in [0.4, 0.5) is 0 Å². The summed E-state index contributed by atoms with van der Waals surface area (Å²) in [5.41, 5.74) is 2.67. The van der Waals surface area contributed by atoms with Gasteiger partial charge in [0.2, 0.25) is 10.0 Å². The molecule has 1 aromatic rings. The van der Waals surface area contributed by atoms with Gasteiger partial charge in [-0.3, -0.25) is 4.99 Å². The second-order valence-corrected chi connectivity index (χ2v) is 9.14. The van der Waals surface area contributed by atoms with Crippen molar-refractivity contribution in [3.63, 3.8) is 0 Å². The quantitative estimate of drug-likeness (QED) is 0.523. The van der Waals surface area contributed by atoms with Crippen molar-refractivity contribution in [2.75, 3.05) is 32.4 Å². The number of aliphatic imine (C=N–C) groups is 1. The van der Waals surface area contributed by atoms with Crippen molar-refractivity contribution in [2.45, 2.75) is 52.0 Å². The number of nitrogens with zero attached hydrogens (tertiary/aromatic N) is 2. The molecule has 0 aromatic heterocycles. The predicted octanol–water partition coefficient (Wildman–Crippen LogP) is 2.16. The van der Waals surface area contributed by atoms with Crippen LogP contribution >= 0.6 is 0 Å². The van der Waals surface area contributed by atoms with Crippen LogP contribution in [0.1, 0.15) is 44.2 Å². The van der Waals surface area contributed by atoms with E-state index in [1.54, 1.807) is 11.4 Å². The van der Waals surface area contributed by atoms with Crippen LogP contribution in [-0.2, 0) is 22.9 Å². The first-order valence-electron chi connectivity index (χ1n) is 10.0. The lowest BCUT2D eigenvalue weighted by Crippen LogP contribution is -2.50. The van der Waals surface area contributed by atoms with Gasteiger partial charge in [0, 0.05) is 32.7 Å². The summed E-state index contributed by atoms with van der Waals surface area (Å²) in [4.78, 5) is 4.30. The molecule has 0 atom stereocenters. The van der Waals surface area contributed by atoms with Crippen LogP contribution in [0, 0.1) is 0 Å². The first kappa shape index (κ1) is 21.7. The van der Waals surface area contributed by atoms with E-state index < -0.39 is 10.0 Å². The number of guanidine groups is 1. The molecule has 1 aliphatic heterocycles. The molecule has 0 bridgehead atoms. The van der Waals surface area contributed by atoms with E-state index in [1.165, 1.54) is 11.1 Å². The molecule has 1 aliphatic rings. The lowest BCUT2D eigenvalue weighted by atomic mass is 10.1. The number of hydrogen-bond acceptors (Lipinski definition) is 3. The van der Waals surface area contributed by atoms with E-state index in [-0.39, 0.29) is 11.8 Å². The van der Waals surface area contributed by atoms with Crippen molar-refractivity contribution in [1.82, 2.24) is 14.9 Å². The van der Waals surface area contributed by atoms with E-state index in [4.69, 9.17) is 0 Å². The predicted molar refractivity (Wildman–Crippen MR) is 113 cm³/mol. The molecule has 0 amide bonds. The Balaban J connectivity index is 1.74. The Labute approximate surface area is 164 Å². The number of nitrogens with one attached hydrogen (secondary N) is 2. The highest BCUT2D eigenvalue weighted by Gasteiger charge is 2.27. The van der Waals surface area contributed by atoms with E-state index >= 15 is 0 Å². The zero-order chi connectivity index (χ0) is 19.7. The highest BCUT2D eigenvalue weighted by Crippen LogP contribution is 2.15. The number of aryl methyl sites for hydroxylation is 1. The molecule has 0 saturated carbocycles. The Kier molecular flexibility index (Phi) is 8.57. The summed E-state index contributed by atoms with van der Waals surface area (Å²) >= 11 is 0. The van der Waals surface area contributed by atoms with Crippen molar-refractivity contribution in [2.24, 2.45) is 4.99 Å². The Bertz CT molecular complexity index is 693. The molecule has 0 radical (unpaired) electrons. The third-order valence-corrected chi connectivity index (χ3v) is 7.09. The molecule has 1 saturated heterocycles.